The molecule has 1 N–H and O–H groups in total. The number of hydrogen-bond donors (Lipinski definition) is 1. The van der Waals surface area contributed by atoms with Gasteiger partial charge in [-0.3, -0.25) is 9.59 Å². The first kappa shape index (κ1) is 15.5. The van der Waals surface area contributed by atoms with Crippen LogP contribution in [0.1, 0.15) is 35.1 Å². The fraction of sp³-hybridized carbons (Fsp3) is 0.308. The summed E-state index contributed by atoms with van der Waals surface area (Å²) in [6.07, 6.45) is 0. The molecule has 7 heteroatoms. The van der Waals surface area contributed by atoms with Crippen molar-refractivity contribution in [2.75, 3.05) is 5.75 Å². The second-order valence-corrected chi connectivity index (χ2v) is 7.87. The van der Waals surface area contributed by atoms with Crippen LogP contribution in [-0.2, 0) is 0 Å². The highest BCUT2D eigenvalue weighted by atomic mass is 79.9. The largest absolute Gasteiger partial charge is 0.301 e. The van der Waals surface area contributed by atoms with E-state index in [9.17, 15) is 9.59 Å². The lowest BCUT2D eigenvalue weighted by molar-refractivity contribution is 0.102. The van der Waals surface area contributed by atoms with E-state index in [1.54, 1.807) is 6.07 Å². The summed E-state index contributed by atoms with van der Waals surface area (Å²) < 4.78 is 0.930. The highest BCUT2D eigenvalue weighted by molar-refractivity contribution is 9.11. The van der Waals surface area contributed by atoms with Crippen LogP contribution >= 0.6 is 39.0 Å². The zero-order valence-electron chi connectivity index (χ0n) is 11.0. The van der Waals surface area contributed by atoms with Crippen LogP contribution < -0.4 is 5.56 Å². The molecule has 0 radical (unpaired) electrons. The molecule has 2 rings (SSSR count). The fourth-order valence-electron chi connectivity index (χ4n) is 1.49. The highest BCUT2D eigenvalue weighted by Crippen LogP contribution is 2.24. The van der Waals surface area contributed by atoms with E-state index in [-0.39, 0.29) is 23.0 Å². The summed E-state index contributed by atoms with van der Waals surface area (Å²) in [6, 6.07) is 5.13. The number of rotatable bonds is 5. The van der Waals surface area contributed by atoms with Crippen molar-refractivity contribution in [3.05, 3.63) is 42.9 Å². The van der Waals surface area contributed by atoms with Crippen molar-refractivity contribution in [3.8, 4) is 0 Å². The molecule has 0 amide bonds. The van der Waals surface area contributed by atoms with Gasteiger partial charge in [0.25, 0.3) is 5.56 Å². The van der Waals surface area contributed by atoms with E-state index >= 15 is 0 Å². The maximum absolute atomic E-state index is 12.0. The third-order valence-electron chi connectivity index (χ3n) is 2.52. The zero-order valence-corrected chi connectivity index (χ0v) is 14.2. The summed E-state index contributed by atoms with van der Waals surface area (Å²) in [6.45, 7) is 3.95. The second-order valence-electron chi connectivity index (χ2n) is 4.45. The Morgan fingerprint density at radius 2 is 2.25 bits per heavy atom. The van der Waals surface area contributed by atoms with E-state index in [4.69, 9.17) is 0 Å². The van der Waals surface area contributed by atoms with E-state index in [0.717, 1.165) is 9.48 Å². The van der Waals surface area contributed by atoms with Gasteiger partial charge in [-0.2, -0.15) is 0 Å². The number of halogens is 1. The zero-order chi connectivity index (χ0) is 14.7. The van der Waals surface area contributed by atoms with E-state index in [1.165, 1.54) is 29.2 Å². The molecule has 0 aromatic carbocycles. The molecule has 4 nitrogen and oxygen atoms in total. The fourth-order valence-corrected chi connectivity index (χ4v) is 3.67. The molecule has 0 fully saturated rings. The van der Waals surface area contributed by atoms with Crippen LogP contribution in [0.3, 0.4) is 0 Å². The smallest absolute Gasteiger partial charge is 0.251 e. The number of nitrogens with one attached hydrogen (secondary N) is 1. The van der Waals surface area contributed by atoms with Gasteiger partial charge < -0.3 is 4.98 Å². The van der Waals surface area contributed by atoms with Crippen LogP contribution in [0.2, 0.25) is 0 Å². The molecule has 0 bridgehead atoms. The van der Waals surface area contributed by atoms with Crippen molar-refractivity contribution in [2.24, 2.45) is 0 Å². The summed E-state index contributed by atoms with van der Waals surface area (Å²) in [5, 5.41) is 0.491. The molecule has 0 saturated carbocycles. The van der Waals surface area contributed by atoms with Crippen LogP contribution in [0, 0.1) is 0 Å². The van der Waals surface area contributed by atoms with Crippen LogP contribution in [0.4, 0.5) is 0 Å². The summed E-state index contributed by atoms with van der Waals surface area (Å²) >= 11 is 5.99. The predicted octanol–water partition coefficient (Wildman–Crippen LogP) is 3.69. The standard InChI is InChI=1S/C13H13BrN2O2S2/c1-7(2)8-5-12(18)16-13(15-8)19-6-9(17)10-3-4-11(14)20-10/h3-5,7H,6H2,1-2H3,(H,15,16,18). The molecular weight excluding hydrogens is 360 g/mol. The number of hydrogen-bond acceptors (Lipinski definition) is 5. The maximum Gasteiger partial charge on any atom is 0.251 e. The minimum atomic E-state index is -0.183. The van der Waals surface area contributed by atoms with Crippen molar-refractivity contribution in [1.82, 2.24) is 9.97 Å². The number of Topliss-reactive ketones (excluding diaryl/α,β-unsaturated/α-hetero) is 1. The Bertz CT molecular complexity index is 679. The number of aromatic nitrogens is 2. The number of H-pyrrole nitrogens is 1. The average molecular weight is 373 g/mol. The van der Waals surface area contributed by atoms with Crippen molar-refractivity contribution in [3.63, 3.8) is 0 Å². The lowest BCUT2D eigenvalue weighted by Crippen LogP contribution is -2.11. The molecule has 0 atom stereocenters. The van der Waals surface area contributed by atoms with Gasteiger partial charge >= 0.3 is 0 Å². The molecule has 0 aliphatic heterocycles. The number of thiophene rings is 1. The Labute approximate surface area is 133 Å². The third-order valence-corrected chi connectivity index (χ3v) is 5.06. The van der Waals surface area contributed by atoms with Gasteiger partial charge in [0, 0.05) is 6.07 Å². The van der Waals surface area contributed by atoms with Crippen molar-refractivity contribution >= 4 is 44.8 Å². The van der Waals surface area contributed by atoms with Crippen LogP contribution in [-0.4, -0.2) is 21.5 Å². The summed E-state index contributed by atoms with van der Waals surface area (Å²) in [5.74, 6) is 0.473. The number of carbonyl (C=O) groups excluding carboxylic acids is 1. The van der Waals surface area contributed by atoms with Gasteiger partial charge in [-0.1, -0.05) is 25.6 Å². The second kappa shape index (κ2) is 6.69. The molecule has 0 spiro atoms. The molecule has 0 saturated heterocycles. The first-order valence-electron chi connectivity index (χ1n) is 5.98. The Morgan fingerprint density at radius 3 is 2.85 bits per heavy atom. The number of thioether (sulfide) groups is 1. The van der Waals surface area contributed by atoms with E-state index in [1.807, 2.05) is 19.9 Å². The van der Waals surface area contributed by atoms with Gasteiger partial charge in [-0.15, -0.1) is 11.3 Å². The number of carbonyl (C=O) groups is 1. The molecule has 20 heavy (non-hydrogen) atoms. The number of ketones is 1. The van der Waals surface area contributed by atoms with E-state index in [2.05, 4.69) is 25.9 Å². The third kappa shape index (κ3) is 4.04. The molecule has 2 aromatic rings. The predicted molar refractivity (Wildman–Crippen MR) is 86.0 cm³/mol. The van der Waals surface area contributed by atoms with Crippen LogP contribution in [0.15, 0.2) is 31.9 Å². The van der Waals surface area contributed by atoms with Gasteiger partial charge in [0.15, 0.2) is 10.9 Å². The minimum absolute atomic E-state index is 0.0308. The normalized spacial score (nSPS) is 11.0. The molecule has 2 heterocycles. The monoisotopic (exact) mass is 372 g/mol. The average Bonchev–Trinajstić information content (AvgIpc) is 2.82. The molecule has 0 unspecified atom stereocenters. The SMILES string of the molecule is CC(C)c1cc(=O)[nH]c(SCC(=O)c2ccc(Br)s2)n1. The van der Waals surface area contributed by atoms with E-state index in [0.29, 0.717) is 10.0 Å². The molecular formula is C13H13BrN2O2S2. The van der Waals surface area contributed by atoms with Crippen molar-refractivity contribution in [2.45, 2.75) is 24.9 Å². The summed E-state index contributed by atoms with van der Waals surface area (Å²) in [5.41, 5.74) is 0.556. The van der Waals surface area contributed by atoms with Crippen LogP contribution in [0.5, 0.6) is 0 Å². The first-order chi connectivity index (χ1) is 9.45. The molecule has 0 aliphatic carbocycles. The number of nitrogens with zero attached hydrogens (tertiary/aromatic N) is 1. The van der Waals surface area contributed by atoms with Crippen LogP contribution in [0.25, 0.3) is 0 Å². The Morgan fingerprint density at radius 1 is 1.50 bits per heavy atom. The molecule has 2 aromatic heterocycles. The van der Waals surface area contributed by atoms with E-state index < -0.39 is 0 Å². The summed E-state index contributed by atoms with van der Waals surface area (Å²) in [4.78, 5) is 31.2. The Balaban J connectivity index is 2.07. The number of aromatic amines is 1. The highest BCUT2D eigenvalue weighted by Gasteiger charge is 2.11. The van der Waals surface area contributed by atoms with Gasteiger partial charge in [0.1, 0.15) is 0 Å². The van der Waals surface area contributed by atoms with Crippen molar-refractivity contribution < 1.29 is 4.79 Å². The van der Waals surface area contributed by atoms with Gasteiger partial charge in [0.2, 0.25) is 0 Å². The lowest BCUT2D eigenvalue weighted by atomic mass is 10.1. The topological polar surface area (TPSA) is 62.8 Å². The summed E-state index contributed by atoms with van der Waals surface area (Å²) in [7, 11) is 0. The van der Waals surface area contributed by atoms with Crippen molar-refractivity contribution in [1.29, 1.82) is 0 Å². The Kier molecular flexibility index (Phi) is 5.17. The Hall–Kier alpha value is -0.920. The first-order valence-corrected chi connectivity index (χ1v) is 8.58. The molecule has 106 valence electrons. The van der Waals surface area contributed by atoms with Gasteiger partial charge in [-0.05, 0) is 34.0 Å². The van der Waals surface area contributed by atoms with Gasteiger partial charge in [-0.25, -0.2) is 4.98 Å². The molecule has 0 aliphatic rings. The minimum Gasteiger partial charge on any atom is -0.301 e. The van der Waals surface area contributed by atoms with Gasteiger partial charge in [0.05, 0.1) is 20.1 Å². The quantitative estimate of drug-likeness (QED) is 0.493. The maximum atomic E-state index is 12.0. The lowest BCUT2D eigenvalue weighted by Gasteiger charge is -2.05.